The van der Waals surface area contributed by atoms with E-state index in [4.69, 9.17) is 4.74 Å². The van der Waals surface area contributed by atoms with Crippen molar-refractivity contribution in [3.63, 3.8) is 0 Å². The molecule has 1 aliphatic heterocycles. The molecule has 0 radical (unpaired) electrons. The van der Waals surface area contributed by atoms with Gasteiger partial charge in [-0.25, -0.2) is 4.79 Å². The van der Waals surface area contributed by atoms with Gasteiger partial charge >= 0.3 is 35.7 Å². The first-order valence-corrected chi connectivity index (χ1v) is 6.29. The van der Waals surface area contributed by atoms with Crippen molar-refractivity contribution in [2.45, 2.75) is 38.2 Å². The van der Waals surface area contributed by atoms with Crippen LogP contribution in [0.3, 0.4) is 0 Å². The number of benzene rings is 1. The smallest absolute Gasteiger partial charge is 0.427 e. The summed E-state index contributed by atoms with van der Waals surface area (Å²) in [5.74, 6) is -0.352. The first-order valence-electron chi connectivity index (χ1n) is 6.29. The van der Waals surface area contributed by atoms with Crippen LogP contribution in [0.1, 0.15) is 38.2 Å². The van der Waals surface area contributed by atoms with Crippen LogP contribution in [0, 0.1) is 0 Å². The molecule has 0 bridgehead atoms. The molecular weight excluding hydrogens is 253 g/mol. The number of carbonyl (C=O) groups is 2. The molecule has 0 saturated carbocycles. The average molecular weight is 270 g/mol. The number of cyclic esters (lactones) is 1. The minimum Gasteiger partial charge on any atom is -0.427 e. The summed E-state index contributed by atoms with van der Waals surface area (Å²) in [6.45, 7) is 2.09. The van der Waals surface area contributed by atoms with Gasteiger partial charge in [-0.3, -0.25) is 10.1 Å². The molecule has 2 amide bonds. The molecule has 1 saturated heterocycles. The molecule has 5 heteroatoms. The molecule has 2 rings (SSSR count). The van der Waals surface area contributed by atoms with Crippen molar-refractivity contribution < 1.29 is 43.9 Å². The SMILES string of the molecule is CCCCCC1(c2ccccc2)OC(=O)NC1=O.[Na+]. The maximum Gasteiger partial charge on any atom is 1.00 e. The molecule has 0 aliphatic carbocycles. The van der Waals surface area contributed by atoms with Crippen molar-refractivity contribution in [1.82, 2.24) is 5.32 Å². The topological polar surface area (TPSA) is 55.4 Å². The van der Waals surface area contributed by atoms with Crippen LogP contribution in [-0.4, -0.2) is 12.0 Å². The molecule has 1 fully saturated rings. The van der Waals surface area contributed by atoms with Crippen molar-refractivity contribution in [3.8, 4) is 0 Å². The first-order chi connectivity index (χ1) is 8.69. The maximum atomic E-state index is 12.0. The molecule has 1 aromatic rings. The predicted molar refractivity (Wildman–Crippen MR) is 66.9 cm³/mol. The Labute approximate surface area is 135 Å². The fourth-order valence-electron chi connectivity index (χ4n) is 2.25. The summed E-state index contributed by atoms with van der Waals surface area (Å²) in [7, 11) is 0. The number of alkyl carbamates (subject to hydrolysis) is 1. The summed E-state index contributed by atoms with van der Waals surface area (Å²) in [5.41, 5.74) is -0.391. The Morgan fingerprint density at radius 2 is 1.84 bits per heavy atom. The molecule has 1 N–H and O–H groups in total. The van der Waals surface area contributed by atoms with Crippen LogP contribution in [0.4, 0.5) is 4.79 Å². The zero-order valence-electron chi connectivity index (χ0n) is 11.4. The first kappa shape index (κ1) is 16.2. The van der Waals surface area contributed by atoms with Crippen molar-refractivity contribution in [1.29, 1.82) is 0 Å². The van der Waals surface area contributed by atoms with Gasteiger partial charge in [0.1, 0.15) is 0 Å². The van der Waals surface area contributed by atoms with Gasteiger partial charge in [0.2, 0.25) is 5.60 Å². The number of amides is 2. The number of ether oxygens (including phenoxy) is 1. The Hall–Kier alpha value is -0.840. The number of imide groups is 1. The van der Waals surface area contributed by atoms with E-state index in [0.717, 1.165) is 24.8 Å². The summed E-state index contributed by atoms with van der Waals surface area (Å²) >= 11 is 0. The summed E-state index contributed by atoms with van der Waals surface area (Å²) < 4.78 is 5.29. The van der Waals surface area contributed by atoms with E-state index in [1.54, 1.807) is 0 Å². The van der Waals surface area contributed by atoms with Gasteiger partial charge in [-0.05, 0) is 6.42 Å². The molecular formula is C14H17NNaO3+. The second-order valence-corrected chi connectivity index (χ2v) is 4.49. The van der Waals surface area contributed by atoms with Crippen molar-refractivity contribution in [2.24, 2.45) is 0 Å². The number of hydrogen-bond donors (Lipinski definition) is 1. The van der Waals surface area contributed by atoms with E-state index in [2.05, 4.69) is 12.2 Å². The van der Waals surface area contributed by atoms with Crippen molar-refractivity contribution >= 4 is 12.0 Å². The van der Waals surface area contributed by atoms with E-state index in [0.29, 0.717) is 6.42 Å². The quantitative estimate of drug-likeness (QED) is 0.592. The summed E-state index contributed by atoms with van der Waals surface area (Å²) in [5, 5.41) is 2.23. The summed E-state index contributed by atoms with van der Waals surface area (Å²) in [6, 6.07) is 9.21. The molecule has 1 atom stereocenters. The van der Waals surface area contributed by atoms with Crippen LogP contribution in [0.15, 0.2) is 30.3 Å². The van der Waals surface area contributed by atoms with Gasteiger partial charge in [-0.15, -0.1) is 0 Å². The van der Waals surface area contributed by atoms with Crippen LogP contribution >= 0.6 is 0 Å². The molecule has 1 aliphatic rings. The van der Waals surface area contributed by atoms with Crippen LogP contribution < -0.4 is 34.9 Å². The Bertz CT molecular complexity index is 449. The van der Waals surface area contributed by atoms with Crippen LogP contribution in [0.5, 0.6) is 0 Å². The fourth-order valence-corrected chi connectivity index (χ4v) is 2.25. The monoisotopic (exact) mass is 270 g/mol. The van der Waals surface area contributed by atoms with Crippen LogP contribution in [0.2, 0.25) is 0 Å². The Morgan fingerprint density at radius 1 is 1.16 bits per heavy atom. The van der Waals surface area contributed by atoms with E-state index in [-0.39, 0.29) is 35.5 Å². The Kier molecular flexibility index (Phi) is 6.04. The molecule has 19 heavy (non-hydrogen) atoms. The third-order valence-corrected chi connectivity index (χ3v) is 3.22. The second kappa shape index (κ2) is 7.08. The summed E-state index contributed by atoms with van der Waals surface area (Å²) in [6.07, 6.45) is 2.80. The molecule has 1 heterocycles. The minimum atomic E-state index is -1.13. The van der Waals surface area contributed by atoms with Gasteiger partial charge < -0.3 is 4.74 Å². The zero-order valence-corrected chi connectivity index (χ0v) is 13.4. The van der Waals surface area contributed by atoms with Crippen LogP contribution in [0.25, 0.3) is 0 Å². The number of nitrogens with one attached hydrogen (secondary N) is 1. The van der Waals surface area contributed by atoms with Gasteiger partial charge in [-0.1, -0.05) is 50.1 Å². The largest absolute Gasteiger partial charge is 1.00 e. The minimum absolute atomic E-state index is 0. The molecule has 1 unspecified atom stereocenters. The van der Waals surface area contributed by atoms with Crippen LogP contribution in [-0.2, 0) is 15.1 Å². The molecule has 1 aromatic carbocycles. The van der Waals surface area contributed by atoms with E-state index in [9.17, 15) is 9.59 Å². The third-order valence-electron chi connectivity index (χ3n) is 3.22. The zero-order chi connectivity index (χ0) is 13.0. The van der Waals surface area contributed by atoms with Gasteiger partial charge in [0.25, 0.3) is 5.91 Å². The van der Waals surface area contributed by atoms with E-state index in [1.807, 2.05) is 30.3 Å². The Balaban J connectivity index is 0.00000180. The van der Waals surface area contributed by atoms with Gasteiger partial charge in [0.05, 0.1) is 0 Å². The average Bonchev–Trinajstić information content (AvgIpc) is 2.67. The fraction of sp³-hybridized carbons (Fsp3) is 0.429. The van der Waals surface area contributed by atoms with Crippen molar-refractivity contribution in [2.75, 3.05) is 0 Å². The molecule has 0 spiro atoms. The maximum absolute atomic E-state index is 12.0. The standard InChI is InChI=1S/C14H17NO3.Na/c1-2-3-7-10-14(11-8-5-4-6-9-11)12(16)15-13(17)18-14;/h4-6,8-9H,2-3,7,10H2,1H3,(H,15,16,17);/q;+1. The van der Waals surface area contributed by atoms with Gasteiger partial charge in [0, 0.05) is 12.0 Å². The van der Waals surface area contributed by atoms with E-state index in [1.165, 1.54) is 0 Å². The number of rotatable bonds is 5. The normalized spacial score (nSPS) is 21.5. The predicted octanol–water partition coefficient (Wildman–Crippen LogP) is -0.267. The van der Waals surface area contributed by atoms with Gasteiger partial charge in [-0.2, -0.15) is 0 Å². The number of carbonyl (C=O) groups excluding carboxylic acids is 2. The molecule has 4 nitrogen and oxygen atoms in total. The van der Waals surface area contributed by atoms with E-state index >= 15 is 0 Å². The van der Waals surface area contributed by atoms with E-state index < -0.39 is 11.7 Å². The second-order valence-electron chi connectivity index (χ2n) is 4.49. The van der Waals surface area contributed by atoms with Crippen molar-refractivity contribution in [3.05, 3.63) is 35.9 Å². The third kappa shape index (κ3) is 3.38. The molecule has 96 valence electrons. The summed E-state index contributed by atoms with van der Waals surface area (Å²) in [4.78, 5) is 23.4. The molecule has 0 aromatic heterocycles. The van der Waals surface area contributed by atoms with Gasteiger partial charge in [0.15, 0.2) is 0 Å². The number of hydrogen-bond acceptors (Lipinski definition) is 3. The Morgan fingerprint density at radius 3 is 2.37 bits per heavy atom. The number of unbranched alkanes of at least 4 members (excludes halogenated alkanes) is 2.